The van der Waals surface area contributed by atoms with Gasteiger partial charge in [0, 0.05) is 0 Å². The van der Waals surface area contributed by atoms with Crippen LogP contribution in [0.5, 0.6) is 0 Å². The second-order valence-corrected chi connectivity index (χ2v) is 55.8. The Balaban J connectivity index is 1.62. The van der Waals surface area contributed by atoms with Crippen molar-refractivity contribution in [3.05, 3.63) is 129 Å². The minimum absolute atomic E-state index is 0.0537. The predicted molar refractivity (Wildman–Crippen MR) is 184 cm³/mol. The van der Waals surface area contributed by atoms with Crippen molar-refractivity contribution in [2.75, 3.05) is 0 Å². The van der Waals surface area contributed by atoms with Crippen molar-refractivity contribution in [1.82, 2.24) is 0 Å². The van der Waals surface area contributed by atoms with Crippen molar-refractivity contribution >= 4 is 51.0 Å². The fourth-order valence-corrected chi connectivity index (χ4v) is 40.6. The third-order valence-electron chi connectivity index (χ3n) is 9.49. The van der Waals surface area contributed by atoms with Gasteiger partial charge in [0.2, 0.25) is 0 Å². The maximum absolute atomic E-state index is 8.53. The van der Waals surface area contributed by atoms with Crippen LogP contribution in [0.1, 0.15) is 50.3 Å². The average Bonchev–Trinajstić information content (AvgIpc) is 3.54. The normalized spacial score (nSPS) is 19.0. The van der Waals surface area contributed by atoms with E-state index in [4.69, 9.17) is 17.0 Å². The Bertz CT molecular complexity index is 1710. The van der Waals surface area contributed by atoms with Crippen LogP contribution in [0.2, 0.25) is 13.1 Å². The first-order valence-corrected chi connectivity index (χ1v) is 31.7. The molecule has 0 saturated heterocycles. The van der Waals surface area contributed by atoms with E-state index < -0.39 is 21.5 Å². The van der Waals surface area contributed by atoms with Crippen LogP contribution in [0.15, 0.2) is 107 Å². The van der Waals surface area contributed by atoms with Gasteiger partial charge in [-0.25, -0.2) is 0 Å². The van der Waals surface area contributed by atoms with Gasteiger partial charge in [-0.2, -0.15) is 0 Å². The second-order valence-electron chi connectivity index (χ2n) is 12.4. The molecule has 0 saturated carbocycles. The van der Waals surface area contributed by atoms with Crippen molar-refractivity contribution in [3.8, 4) is 22.3 Å². The summed E-state index contributed by atoms with van der Waals surface area (Å²) in [6, 6.07) is 32.7. The summed E-state index contributed by atoms with van der Waals surface area (Å²) < 4.78 is 1.25. The minimum atomic E-state index is -4.80. The van der Waals surface area contributed by atoms with E-state index in [0.717, 1.165) is 4.47 Å². The molecule has 0 amide bonds. The van der Waals surface area contributed by atoms with E-state index in [-0.39, 0.29) is 7.25 Å². The first-order chi connectivity index (χ1) is 19.5. The fourth-order valence-electron chi connectivity index (χ4n) is 7.42. The molecule has 0 N–H and O–H groups in total. The Morgan fingerprint density at radius 2 is 1.29 bits per heavy atom. The van der Waals surface area contributed by atoms with Crippen molar-refractivity contribution in [2.45, 2.75) is 41.1 Å². The molecule has 0 heterocycles. The summed E-state index contributed by atoms with van der Waals surface area (Å²) >= 11 is -0.800. The molecule has 0 fully saturated rings. The molecule has 2 aliphatic rings. The third-order valence-corrected chi connectivity index (χ3v) is 62.1. The van der Waals surface area contributed by atoms with E-state index in [1.807, 2.05) is 0 Å². The molecule has 0 bridgehead atoms. The molecule has 5 heteroatoms. The number of hydrogen-bond acceptors (Lipinski definition) is 0. The zero-order valence-electron chi connectivity index (χ0n) is 24.3. The van der Waals surface area contributed by atoms with Gasteiger partial charge in [-0.15, -0.1) is 0 Å². The molecular formula is C36H36BrCl2SiZr. The predicted octanol–water partition coefficient (Wildman–Crippen LogP) is 12.0. The van der Waals surface area contributed by atoms with Gasteiger partial charge in [0.25, 0.3) is 0 Å². The molecule has 2 aliphatic carbocycles. The van der Waals surface area contributed by atoms with E-state index in [9.17, 15) is 0 Å². The standard InChI is InChI=1S/C18H17.C16H12Br.C2H7Si.2ClH.Zr/c1-13(2)16-11-15-9-6-10-17(18(15)12-16)14-7-4-3-5-8-14;1-11-9-14-13(12-5-3-2-4-6-12)7-8-16(17)15(14)10-11;1-3-2;;;/h3-13H,1-2H3;2-10H,1H3;3H,1-2H3;2*1H;/q;;;;;+2/p-2. The summed E-state index contributed by atoms with van der Waals surface area (Å²) in [5, 5.41) is 0. The van der Waals surface area contributed by atoms with Gasteiger partial charge in [-0.05, 0) is 0 Å². The second kappa shape index (κ2) is 10.9. The third kappa shape index (κ3) is 4.61. The van der Waals surface area contributed by atoms with Crippen LogP contribution in [-0.2, 0) is 15.6 Å². The van der Waals surface area contributed by atoms with Crippen LogP contribution in [0, 0.1) is 5.92 Å². The number of fused-ring (bicyclic) bond motifs is 2. The van der Waals surface area contributed by atoms with Crippen LogP contribution in [0.3, 0.4) is 0 Å². The molecule has 6 rings (SSSR count). The summed E-state index contributed by atoms with van der Waals surface area (Å²) in [5.74, 6) is -1.27. The molecule has 0 nitrogen and oxygen atoms in total. The fraction of sp³-hybridized carbons (Fsp3) is 0.222. The first kappa shape index (κ1) is 29.6. The van der Waals surface area contributed by atoms with Crippen molar-refractivity contribution in [2.24, 2.45) is 5.92 Å². The van der Waals surface area contributed by atoms with Gasteiger partial charge in [0.05, 0.1) is 0 Å². The molecule has 0 aliphatic heterocycles. The topological polar surface area (TPSA) is 0 Å². The van der Waals surface area contributed by atoms with E-state index in [0.29, 0.717) is 5.92 Å². The molecule has 0 aromatic heterocycles. The van der Waals surface area contributed by atoms with Crippen molar-refractivity contribution in [3.63, 3.8) is 0 Å². The average molecular weight is 739 g/mol. The van der Waals surface area contributed by atoms with Gasteiger partial charge in [0.15, 0.2) is 0 Å². The number of benzene rings is 4. The summed E-state index contributed by atoms with van der Waals surface area (Å²) in [4.78, 5) is 0. The van der Waals surface area contributed by atoms with Gasteiger partial charge >= 0.3 is 265 Å². The number of rotatable bonds is 6. The molecule has 0 radical (unpaired) electrons. The Labute approximate surface area is 262 Å². The van der Waals surface area contributed by atoms with E-state index in [1.165, 1.54) is 55.7 Å². The van der Waals surface area contributed by atoms with Crippen LogP contribution in [0.4, 0.5) is 0 Å². The molecular weight excluding hydrogens is 703 g/mol. The Hall–Kier alpha value is -1.48. The van der Waals surface area contributed by atoms with Crippen LogP contribution >= 0.6 is 33.0 Å². The van der Waals surface area contributed by atoms with Crippen molar-refractivity contribution in [1.29, 1.82) is 0 Å². The van der Waals surface area contributed by atoms with E-state index in [2.05, 4.69) is 153 Å². The van der Waals surface area contributed by atoms with E-state index >= 15 is 0 Å². The molecule has 0 spiro atoms. The maximum atomic E-state index is 8.53. The number of hydrogen-bond donors (Lipinski definition) is 0. The first-order valence-electron chi connectivity index (χ1n) is 14.6. The summed E-state index contributed by atoms with van der Waals surface area (Å²) in [5.41, 5.74) is 12.9. The Morgan fingerprint density at radius 1 is 0.707 bits per heavy atom. The summed E-state index contributed by atoms with van der Waals surface area (Å²) in [7, 11) is 17.1. The van der Waals surface area contributed by atoms with E-state index in [1.54, 1.807) is 0 Å². The van der Waals surface area contributed by atoms with Crippen LogP contribution < -0.4 is 0 Å². The van der Waals surface area contributed by atoms with Gasteiger partial charge in [0.1, 0.15) is 0 Å². The zero-order valence-corrected chi connectivity index (χ0v) is 31.0. The molecule has 41 heavy (non-hydrogen) atoms. The summed E-state index contributed by atoms with van der Waals surface area (Å²) in [6.07, 6.45) is 4.84. The Kier molecular flexibility index (Phi) is 7.87. The molecule has 2 unspecified atom stereocenters. The number of allylic oxidation sites excluding steroid dienone is 2. The van der Waals surface area contributed by atoms with Crippen LogP contribution in [-0.4, -0.2) is 5.92 Å². The monoisotopic (exact) mass is 735 g/mol. The van der Waals surface area contributed by atoms with Gasteiger partial charge < -0.3 is 0 Å². The van der Waals surface area contributed by atoms with Crippen LogP contribution in [0.25, 0.3) is 34.4 Å². The molecule has 209 valence electrons. The van der Waals surface area contributed by atoms with Gasteiger partial charge in [-0.3, -0.25) is 0 Å². The number of halogens is 3. The molecule has 4 aromatic rings. The molecule has 2 atom stereocenters. The summed E-state index contributed by atoms with van der Waals surface area (Å²) in [6.45, 7) is 11.7. The quantitative estimate of drug-likeness (QED) is 0.173. The Morgan fingerprint density at radius 3 is 1.85 bits per heavy atom. The van der Waals surface area contributed by atoms with Gasteiger partial charge in [-0.1, -0.05) is 0 Å². The van der Waals surface area contributed by atoms with Crippen molar-refractivity contribution < 1.29 is 15.6 Å². The SMILES string of the molecule is CC1=Cc2c(-c3ccccc3)ccc(Br)c2[CH]1[Zr]([Cl])([Cl])([CH]1C(C(C)C)=Cc2c(-c3ccccc3)cccc21)[SiH](C)C. The molecule has 4 aromatic carbocycles. The zero-order chi connectivity index (χ0) is 29.1.